The molecule has 10 rings (SSSR count). The van der Waals surface area contributed by atoms with Gasteiger partial charge in [-0.25, -0.2) is 0 Å². The molecule has 2 aliphatic carbocycles. The summed E-state index contributed by atoms with van der Waals surface area (Å²) in [5.74, 6) is 0. The maximum absolute atomic E-state index is 9.12. The van der Waals surface area contributed by atoms with Gasteiger partial charge in [-0.05, 0) is 175 Å². The monoisotopic (exact) mass is 804 g/mol. The molecule has 61 heavy (non-hydrogen) atoms. The molecule has 0 unspecified atom stereocenters. The molecule has 0 saturated heterocycles. The summed E-state index contributed by atoms with van der Waals surface area (Å²) in [5, 5.41) is 0. The summed E-state index contributed by atoms with van der Waals surface area (Å²) in [6.45, 7) is 28.1. The Morgan fingerprint density at radius 2 is 1.07 bits per heavy atom. The quantitative estimate of drug-likeness (QED) is 0.164. The van der Waals surface area contributed by atoms with Crippen LogP contribution >= 0.6 is 0 Å². The highest BCUT2D eigenvalue weighted by Crippen LogP contribution is 2.55. The number of aryl methyl sites for hydroxylation is 3. The number of benzene rings is 6. The molecule has 0 spiro atoms. The molecule has 0 atom stereocenters. The maximum atomic E-state index is 9.12. The molecular formula is C58H65BN2. The molecule has 2 heterocycles. The predicted molar refractivity (Wildman–Crippen MR) is 265 cm³/mol. The number of fused-ring (bicyclic) bond motifs is 6. The van der Waals surface area contributed by atoms with Crippen LogP contribution in [0.1, 0.15) is 144 Å². The van der Waals surface area contributed by atoms with Crippen molar-refractivity contribution in [3.8, 4) is 11.1 Å². The fourth-order valence-electron chi connectivity index (χ4n) is 12.1. The number of nitrogens with zero attached hydrogens (tertiary/aromatic N) is 2. The van der Waals surface area contributed by atoms with Crippen LogP contribution < -0.4 is 26.2 Å². The van der Waals surface area contributed by atoms with Gasteiger partial charge in [-0.3, -0.25) is 0 Å². The first-order chi connectivity index (χ1) is 29.8. The maximum Gasteiger partial charge on any atom is 0.252 e. The smallest absolute Gasteiger partial charge is 0.252 e. The van der Waals surface area contributed by atoms with Crippen LogP contribution in [0.4, 0.5) is 34.1 Å². The third-order valence-electron chi connectivity index (χ3n) is 15.4. The SMILES string of the molecule is [2H]C([2H])([2H])c1cc2c3c(c1)N(c1cc4c(cc1C)C(C)(C)CCC4(C)C)c1cc4c(cc1B3c1ccc(C(C)(C)C)cc1N2c1cc(-c2ccccc2)ccc1C)C(C)(C)CC4(C)C. The van der Waals surface area contributed by atoms with Crippen molar-refractivity contribution in [1.82, 2.24) is 0 Å². The van der Waals surface area contributed by atoms with E-state index in [1.54, 1.807) is 0 Å². The summed E-state index contributed by atoms with van der Waals surface area (Å²) in [7, 11) is 0. The van der Waals surface area contributed by atoms with Crippen LogP contribution in [0.5, 0.6) is 0 Å². The van der Waals surface area contributed by atoms with Crippen molar-refractivity contribution in [1.29, 1.82) is 0 Å². The summed E-state index contributed by atoms with van der Waals surface area (Å²) in [6.07, 6.45) is 3.31. The first kappa shape index (κ1) is 36.6. The van der Waals surface area contributed by atoms with Crippen molar-refractivity contribution in [2.45, 2.75) is 143 Å². The highest BCUT2D eigenvalue weighted by molar-refractivity contribution is 7.00. The van der Waals surface area contributed by atoms with Crippen molar-refractivity contribution in [2.75, 3.05) is 9.80 Å². The van der Waals surface area contributed by atoms with Crippen LogP contribution in [-0.2, 0) is 27.1 Å². The second kappa shape index (κ2) is 13.0. The number of hydrogen-bond acceptors (Lipinski definition) is 2. The van der Waals surface area contributed by atoms with E-state index in [4.69, 9.17) is 4.11 Å². The van der Waals surface area contributed by atoms with Gasteiger partial charge in [-0.2, -0.15) is 0 Å². The van der Waals surface area contributed by atoms with Crippen LogP contribution in [-0.4, -0.2) is 6.71 Å². The van der Waals surface area contributed by atoms with E-state index in [-0.39, 0.29) is 33.8 Å². The van der Waals surface area contributed by atoms with Crippen molar-refractivity contribution in [2.24, 2.45) is 0 Å². The van der Waals surface area contributed by atoms with Crippen molar-refractivity contribution >= 4 is 57.2 Å². The van der Waals surface area contributed by atoms with Crippen LogP contribution in [0, 0.1) is 20.7 Å². The van der Waals surface area contributed by atoms with Gasteiger partial charge in [0.15, 0.2) is 0 Å². The third-order valence-corrected chi connectivity index (χ3v) is 15.4. The average Bonchev–Trinajstić information content (AvgIpc) is 3.40. The van der Waals surface area contributed by atoms with E-state index in [0.29, 0.717) is 5.56 Å². The Hall–Kier alpha value is -5.02. The van der Waals surface area contributed by atoms with Gasteiger partial charge < -0.3 is 9.80 Å². The van der Waals surface area contributed by atoms with Crippen LogP contribution in [0.25, 0.3) is 11.1 Å². The molecule has 0 saturated carbocycles. The lowest BCUT2D eigenvalue weighted by atomic mass is 9.33. The van der Waals surface area contributed by atoms with Gasteiger partial charge in [0.1, 0.15) is 0 Å². The van der Waals surface area contributed by atoms with E-state index in [0.717, 1.165) is 75.5 Å². The highest BCUT2D eigenvalue weighted by Gasteiger charge is 2.49. The predicted octanol–water partition coefficient (Wildman–Crippen LogP) is 14.0. The van der Waals surface area contributed by atoms with Crippen LogP contribution in [0.2, 0.25) is 0 Å². The van der Waals surface area contributed by atoms with Gasteiger partial charge >= 0.3 is 0 Å². The van der Waals surface area contributed by atoms with E-state index < -0.39 is 6.85 Å². The van der Waals surface area contributed by atoms with Crippen molar-refractivity contribution < 1.29 is 4.11 Å². The zero-order chi connectivity index (χ0) is 45.8. The molecule has 0 bridgehead atoms. The molecule has 0 N–H and O–H groups in total. The summed E-state index contributed by atoms with van der Waals surface area (Å²) in [6, 6.07) is 38.6. The molecule has 4 aliphatic rings. The Labute approximate surface area is 371 Å². The van der Waals surface area contributed by atoms with Crippen molar-refractivity contribution in [3.63, 3.8) is 0 Å². The zero-order valence-electron chi connectivity index (χ0n) is 41.9. The lowest BCUT2D eigenvalue weighted by Gasteiger charge is -2.47. The number of anilines is 6. The Morgan fingerprint density at radius 1 is 0.508 bits per heavy atom. The summed E-state index contributed by atoms with van der Waals surface area (Å²) < 4.78 is 27.4. The number of hydrogen-bond donors (Lipinski definition) is 0. The molecule has 2 aliphatic heterocycles. The van der Waals surface area contributed by atoms with E-state index >= 15 is 0 Å². The summed E-state index contributed by atoms with van der Waals surface area (Å²) >= 11 is 0. The summed E-state index contributed by atoms with van der Waals surface area (Å²) in [4.78, 5) is 4.92. The minimum absolute atomic E-state index is 0.0137. The van der Waals surface area contributed by atoms with Gasteiger partial charge in [-0.15, -0.1) is 0 Å². The third kappa shape index (κ3) is 6.03. The summed E-state index contributed by atoms with van der Waals surface area (Å²) in [5.41, 5.74) is 21.8. The molecule has 310 valence electrons. The molecule has 2 nitrogen and oxygen atoms in total. The second-order valence-corrected chi connectivity index (χ2v) is 22.8. The van der Waals surface area contributed by atoms with Gasteiger partial charge in [-0.1, -0.05) is 143 Å². The Kier molecular flexibility index (Phi) is 7.81. The molecule has 0 amide bonds. The molecule has 3 heteroatoms. The van der Waals surface area contributed by atoms with Gasteiger partial charge in [0.05, 0.1) is 0 Å². The average molecular weight is 804 g/mol. The first-order valence-electron chi connectivity index (χ1n) is 24.2. The fourth-order valence-corrected chi connectivity index (χ4v) is 12.1. The van der Waals surface area contributed by atoms with E-state index in [2.05, 4.69) is 191 Å². The van der Waals surface area contributed by atoms with E-state index in [1.165, 1.54) is 44.3 Å². The lowest BCUT2D eigenvalue weighted by molar-refractivity contribution is 0.332. The van der Waals surface area contributed by atoms with E-state index in [9.17, 15) is 0 Å². The van der Waals surface area contributed by atoms with Crippen molar-refractivity contribution in [3.05, 3.63) is 148 Å². The van der Waals surface area contributed by atoms with Gasteiger partial charge in [0.2, 0.25) is 0 Å². The molecule has 0 radical (unpaired) electrons. The van der Waals surface area contributed by atoms with Crippen LogP contribution in [0.15, 0.2) is 103 Å². The Morgan fingerprint density at radius 3 is 1.69 bits per heavy atom. The first-order valence-corrected chi connectivity index (χ1v) is 22.7. The molecule has 0 aromatic heterocycles. The minimum atomic E-state index is -2.35. The Bertz CT molecular complexity index is 2930. The standard InChI is InChI=1S/C58H65BN2/c1-35-26-51-53-52(27-35)61(48-32-43-41(28-37(48)3)55(7,8)24-25-56(43,9)10)50-33-44-42(57(11,12)34-58(44,13)14)31-46(50)59(53)45-23-22-40(54(4,5)6)30-49(45)60(51)47-29-39(21-20-36(47)2)38-18-16-15-17-19-38/h15-23,26-33H,24-25,34H2,1-14H3/i1D3. The molecular weight excluding hydrogens is 735 g/mol. The molecule has 6 aromatic rings. The second-order valence-electron chi connectivity index (χ2n) is 22.8. The van der Waals surface area contributed by atoms with Gasteiger partial charge in [0, 0.05) is 38.2 Å². The molecule has 6 aromatic carbocycles. The van der Waals surface area contributed by atoms with Crippen LogP contribution in [0.3, 0.4) is 0 Å². The lowest BCUT2D eigenvalue weighted by Crippen LogP contribution is -2.61. The normalized spacial score (nSPS) is 19.5. The van der Waals surface area contributed by atoms with E-state index in [1.807, 2.05) is 12.1 Å². The highest BCUT2D eigenvalue weighted by atomic mass is 15.2. The van der Waals surface area contributed by atoms with Gasteiger partial charge in [0.25, 0.3) is 6.71 Å². The minimum Gasteiger partial charge on any atom is -0.311 e. The zero-order valence-corrected chi connectivity index (χ0v) is 38.9. The fraction of sp³-hybridized carbons (Fsp3) is 0.379. The number of rotatable bonds is 3. The largest absolute Gasteiger partial charge is 0.311 e. The Balaban J connectivity index is 1.36. The molecule has 0 fully saturated rings. The topological polar surface area (TPSA) is 6.48 Å².